The molecule has 0 bridgehead atoms. The molecule has 4 rings (SSSR count). The molecule has 0 saturated carbocycles. The molecule has 4 aromatic rings. The number of carbonyl (C=O) groups excluding carboxylic acids is 1. The Balaban J connectivity index is 0.000000256. The van der Waals surface area contributed by atoms with Crippen LogP contribution in [0.1, 0.15) is 55.9 Å². The topological polar surface area (TPSA) is 62.2 Å². The summed E-state index contributed by atoms with van der Waals surface area (Å²) >= 11 is 0. The summed E-state index contributed by atoms with van der Waals surface area (Å²) in [6.45, 7) is 7.55. The summed E-state index contributed by atoms with van der Waals surface area (Å²) in [5.74, 6) is -0.386. The predicted octanol–water partition coefficient (Wildman–Crippen LogP) is 7.16. The molecule has 0 fully saturated rings. The highest BCUT2D eigenvalue weighted by atomic mass is 16.6. The Hall–Kier alpha value is -3.81. The van der Waals surface area contributed by atoms with Gasteiger partial charge in [0.05, 0.1) is 6.10 Å². The van der Waals surface area contributed by atoms with Gasteiger partial charge in [-0.3, -0.25) is 0 Å². The number of benzene rings is 4. The van der Waals surface area contributed by atoms with Crippen molar-refractivity contribution < 1.29 is 19.4 Å². The molecule has 6 heteroatoms. The van der Waals surface area contributed by atoms with Gasteiger partial charge in [-0.25, -0.2) is 4.79 Å². The summed E-state index contributed by atoms with van der Waals surface area (Å²) in [5.41, 5.74) is 2.29. The van der Waals surface area contributed by atoms with Crippen LogP contribution in [-0.4, -0.2) is 81.0 Å². The monoisotopic (exact) mass is 638 g/mol. The van der Waals surface area contributed by atoms with Crippen LogP contribution < -0.4 is 0 Å². The van der Waals surface area contributed by atoms with Crippen molar-refractivity contribution in [3.63, 3.8) is 0 Å². The number of esters is 1. The molecule has 0 radical (unpaired) electrons. The third-order valence-corrected chi connectivity index (χ3v) is 8.81. The molecule has 1 N–H and O–H groups in total. The van der Waals surface area contributed by atoms with Crippen molar-refractivity contribution in [2.24, 2.45) is 0 Å². The van der Waals surface area contributed by atoms with Crippen LogP contribution in [0.3, 0.4) is 0 Å². The zero-order valence-corrected chi connectivity index (χ0v) is 29.3. The molecule has 2 unspecified atom stereocenters. The van der Waals surface area contributed by atoms with Gasteiger partial charge in [-0.2, -0.15) is 0 Å². The van der Waals surface area contributed by atoms with E-state index in [1.54, 1.807) is 0 Å². The summed E-state index contributed by atoms with van der Waals surface area (Å²) in [6.07, 6.45) is 1.18. The van der Waals surface area contributed by atoms with Gasteiger partial charge in [-0.1, -0.05) is 128 Å². The molecular weight excluding hydrogens is 584 g/mol. The van der Waals surface area contributed by atoms with Crippen LogP contribution >= 0.6 is 0 Å². The molecule has 6 nitrogen and oxygen atoms in total. The zero-order valence-electron chi connectivity index (χ0n) is 29.3. The number of nitrogens with zero attached hydrogens (tertiary/aromatic N) is 2. The molecule has 0 saturated heterocycles. The summed E-state index contributed by atoms with van der Waals surface area (Å²) in [6, 6.07) is 40.3. The Kier molecular flexibility index (Phi) is 14.8. The first-order chi connectivity index (χ1) is 22.6. The number of carbonyl (C=O) groups is 1. The number of aliphatic hydroxyl groups excluding tert-OH is 1. The lowest BCUT2D eigenvalue weighted by Crippen LogP contribution is -2.45. The molecule has 47 heavy (non-hydrogen) atoms. The van der Waals surface area contributed by atoms with Gasteiger partial charge in [-0.15, -0.1) is 0 Å². The van der Waals surface area contributed by atoms with Crippen molar-refractivity contribution in [3.05, 3.63) is 144 Å². The van der Waals surface area contributed by atoms with E-state index >= 15 is 0 Å². The van der Waals surface area contributed by atoms with E-state index in [9.17, 15) is 9.90 Å². The van der Waals surface area contributed by atoms with E-state index in [-0.39, 0.29) is 11.4 Å². The van der Waals surface area contributed by atoms with Crippen molar-refractivity contribution in [2.75, 3.05) is 47.9 Å². The van der Waals surface area contributed by atoms with Gasteiger partial charge in [0.15, 0.2) is 0 Å². The smallest absolute Gasteiger partial charge is 0.347 e. The van der Waals surface area contributed by atoms with E-state index in [4.69, 9.17) is 9.47 Å². The van der Waals surface area contributed by atoms with E-state index < -0.39 is 11.7 Å². The average molecular weight is 639 g/mol. The standard InChI is InChI=1S/C21H29NO.C20H25NO3/c1-5-20(23)21(16-17(2)22(3)4,18-12-8-6-9-13-18)19-14-10-7-11-15-19;1-4-24-20(17-11-7-5-8-12-17,18-13-9-6-10-14-18)19(22)23-16-15-21(2)3/h6-15,17,20,23H,5,16H2,1-4H3;5-14H,4,15-16H2,1-3H3. The van der Waals surface area contributed by atoms with Gasteiger partial charge >= 0.3 is 5.97 Å². The van der Waals surface area contributed by atoms with E-state index in [0.29, 0.717) is 25.8 Å². The molecule has 0 heterocycles. The molecule has 0 aliphatic rings. The van der Waals surface area contributed by atoms with Crippen LogP contribution in [0.4, 0.5) is 0 Å². The number of likely N-dealkylation sites (N-methyl/N-ethyl adjacent to an activating group) is 1. The van der Waals surface area contributed by atoms with E-state index in [2.05, 4.69) is 81.4 Å². The third kappa shape index (κ3) is 9.39. The van der Waals surface area contributed by atoms with E-state index in [0.717, 1.165) is 24.0 Å². The summed E-state index contributed by atoms with van der Waals surface area (Å²) in [7, 11) is 8.09. The summed E-state index contributed by atoms with van der Waals surface area (Å²) < 4.78 is 11.6. The molecule has 252 valence electrons. The Morgan fingerprint density at radius 1 is 0.702 bits per heavy atom. The van der Waals surface area contributed by atoms with Crippen LogP contribution in [0, 0.1) is 0 Å². The molecule has 2 atom stereocenters. The molecular formula is C41H54N2O4. The lowest BCUT2D eigenvalue weighted by molar-refractivity contribution is -0.168. The summed E-state index contributed by atoms with van der Waals surface area (Å²) in [5, 5.41) is 11.1. The quantitative estimate of drug-likeness (QED) is 0.140. The fraction of sp³-hybridized carbons (Fsp3) is 0.390. The van der Waals surface area contributed by atoms with Gasteiger partial charge in [0.1, 0.15) is 6.61 Å². The second-order valence-electron chi connectivity index (χ2n) is 12.4. The van der Waals surface area contributed by atoms with Crippen LogP contribution in [0.5, 0.6) is 0 Å². The highest BCUT2D eigenvalue weighted by molar-refractivity contribution is 5.85. The molecule has 4 aromatic carbocycles. The molecule has 0 aliphatic carbocycles. The zero-order chi connectivity index (χ0) is 34.3. The maximum atomic E-state index is 13.1. The van der Waals surface area contributed by atoms with Crippen molar-refractivity contribution in [1.29, 1.82) is 0 Å². The van der Waals surface area contributed by atoms with Crippen LogP contribution in [-0.2, 0) is 25.3 Å². The van der Waals surface area contributed by atoms with Crippen molar-refractivity contribution in [3.8, 4) is 0 Å². The molecule has 0 amide bonds. The van der Waals surface area contributed by atoms with Crippen LogP contribution in [0.2, 0.25) is 0 Å². The second kappa shape index (κ2) is 18.5. The minimum absolute atomic E-state index is 0.320. The average Bonchev–Trinajstić information content (AvgIpc) is 3.10. The van der Waals surface area contributed by atoms with Gasteiger partial charge in [-0.05, 0) is 77.1 Å². The lowest BCUT2D eigenvalue weighted by Gasteiger charge is -2.42. The normalized spacial score (nSPS) is 13.1. The Morgan fingerprint density at radius 3 is 1.45 bits per heavy atom. The minimum Gasteiger partial charge on any atom is -0.462 e. The highest BCUT2D eigenvalue weighted by Gasteiger charge is 2.45. The number of rotatable bonds is 15. The van der Waals surface area contributed by atoms with Gasteiger partial charge in [0.25, 0.3) is 0 Å². The Morgan fingerprint density at radius 2 is 1.11 bits per heavy atom. The summed E-state index contributed by atoms with van der Waals surface area (Å²) in [4.78, 5) is 17.3. The Bertz CT molecular complexity index is 1350. The first-order valence-corrected chi connectivity index (χ1v) is 16.7. The molecule has 0 spiro atoms. The fourth-order valence-electron chi connectivity index (χ4n) is 6.00. The number of ether oxygens (including phenoxy) is 2. The van der Waals surface area contributed by atoms with E-state index in [1.807, 2.05) is 98.7 Å². The maximum absolute atomic E-state index is 13.1. The van der Waals surface area contributed by atoms with Crippen molar-refractivity contribution in [1.82, 2.24) is 9.80 Å². The first-order valence-electron chi connectivity index (χ1n) is 16.7. The number of hydrogen-bond acceptors (Lipinski definition) is 6. The highest BCUT2D eigenvalue weighted by Crippen LogP contribution is 2.42. The largest absolute Gasteiger partial charge is 0.462 e. The van der Waals surface area contributed by atoms with E-state index in [1.165, 1.54) is 11.1 Å². The third-order valence-electron chi connectivity index (χ3n) is 8.81. The first kappa shape index (κ1) is 37.6. The van der Waals surface area contributed by atoms with Crippen molar-refractivity contribution in [2.45, 2.75) is 56.8 Å². The second-order valence-corrected chi connectivity index (χ2v) is 12.4. The molecule has 0 aliphatic heterocycles. The van der Waals surface area contributed by atoms with Gasteiger partial charge in [0.2, 0.25) is 5.60 Å². The van der Waals surface area contributed by atoms with Gasteiger partial charge in [0, 0.05) is 24.6 Å². The fourth-order valence-corrected chi connectivity index (χ4v) is 6.00. The van der Waals surface area contributed by atoms with Crippen LogP contribution in [0.15, 0.2) is 121 Å². The SMILES string of the molecule is CCC(O)C(CC(C)N(C)C)(c1ccccc1)c1ccccc1.CCOC(C(=O)OCCN(C)C)(c1ccccc1)c1ccccc1. The minimum atomic E-state index is -1.25. The van der Waals surface area contributed by atoms with Crippen LogP contribution in [0.25, 0.3) is 0 Å². The lowest BCUT2D eigenvalue weighted by atomic mass is 9.66. The number of hydrogen-bond donors (Lipinski definition) is 1. The van der Waals surface area contributed by atoms with Gasteiger partial charge < -0.3 is 24.4 Å². The molecule has 0 aromatic heterocycles. The predicted molar refractivity (Wildman–Crippen MR) is 193 cm³/mol. The Labute approximate surface area is 283 Å². The maximum Gasteiger partial charge on any atom is 0.347 e. The van der Waals surface area contributed by atoms with Crippen molar-refractivity contribution >= 4 is 5.97 Å². The number of aliphatic hydroxyl groups is 1.